The molecule has 0 aromatic carbocycles. The van der Waals surface area contributed by atoms with Gasteiger partial charge in [-0.05, 0) is 5.92 Å². The van der Waals surface area contributed by atoms with E-state index in [2.05, 4.69) is 40.0 Å². The molecule has 0 spiro atoms. The van der Waals surface area contributed by atoms with Gasteiger partial charge in [0.2, 0.25) is 0 Å². The standard InChI is InChI=1S/C7H11BrN2S/c1-5(2)6(8)3-7-10-9-4-11-7/h4-6H,3H2,1-2H3. The summed E-state index contributed by atoms with van der Waals surface area (Å²) in [5.74, 6) is 0.652. The van der Waals surface area contributed by atoms with Gasteiger partial charge < -0.3 is 0 Å². The molecule has 0 radical (unpaired) electrons. The molecule has 0 amide bonds. The Labute approximate surface area is 79.2 Å². The van der Waals surface area contributed by atoms with Gasteiger partial charge in [0.05, 0.1) is 0 Å². The fourth-order valence-electron chi connectivity index (χ4n) is 0.687. The third kappa shape index (κ3) is 2.87. The van der Waals surface area contributed by atoms with E-state index in [1.165, 1.54) is 0 Å². The van der Waals surface area contributed by atoms with Crippen molar-refractivity contribution in [3.05, 3.63) is 10.5 Å². The second-order valence-corrected chi connectivity index (χ2v) is 4.89. The van der Waals surface area contributed by atoms with Crippen molar-refractivity contribution >= 4 is 27.3 Å². The lowest BCUT2D eigenvalue weighted by molar-refractivity contribution is 0.610. The summed E-state index contributed by atoms with van der Waals surface area (Å²) in [5, 5.41) is 8.87. The van der Waals surface area contributed by atoms with Crippen LogP contribution in [0.15, 0.2) is 5.51 Å². The zero-order chi connectivity index (χ0) is 8.27. The first-order chi connectivity index (χ1) is 5.20. The Balaban J connectivity index is 2.43. The maximum atomic E-state index is 3.98. The molecule has 1 rings (SSSR count). The molecule has 11 heavy (non-hydrogen) atoms. The van der Waals surface area contributed by atoms with Gasteiger partial charge >= 0.3 is 0 Å². The van der Waals surface area contributed by atoms with Crippen LogP contribution in [0.4, 0.5) is 0 Å². The topological polar surface area (TPSA) is 25.8 Å². The molecule has 1 heterocycles. The summed E-state index contributed by atoms with van der Waals surface area (Å²) in [6.45, 7) is 4.39. The van der Waals surface area contributed by atoms with Gasteiger partial charge in [-0.2, -0.15) is 0 Å². The number of nitrogens with zero attached hydrogens (tertiary/aromatic N) is 2. The summed E-state index contributed by atoms with van der Waals surface area (Å²) in [5.41, 5.74) is 1.77. The molecule has 0 fully saturated rings. The van der Waals surface area contributed by atoms with E-state index >= 15 is 0 Å². The molecule has 4 heteroatoms. The van der Waals surface area contributed by atoms with Gasteiger partial charge in [0.15, 0.2) is 0 Å². The molecule has 0 aliphatic carbocycles. The normalized spacial score (nSPS) is 13.8. The highest BCUT2D eigenvalue weighted by atomic mass is 79.9. The monoisotopic (exact) mass is 234 g/mol. The fraction of sp³-hybridized carbons (Fsp3) is 0.714. The lowest BCUT2D eigenvalue weighted by Gasteiger charge is -2.10. The van der Waals surface area contributed by atoms with Crippen LogP contribution in [0.3, 0.4) is 0 Å². The van der Waals surface area contributed by atoms with E-state index in [1.54, 1.807) is 16.8 Å². The van der Waals surface area contributed by atoms with E-state index in [9.17, 15) is 0 Å². The van der Waals surface area contributed by atoms with Gasteiger partial charge in [-0.25, -0.2) is 0 Å². The minimum atomic E-state index is 0.524. The zero-order valence-electron chi connectivity index (χ0n) is 6.62. The van der Waals surface area contributed by atoms with Crippen LogP contribution in [-0.4, -0.2) is 15.0 Å². The Morgan fingerprint density at radius 1 is 1.64 bits per heavy atom. The predicted octanol–water partition coefficient (Wildman–Crippen LogP) is 2.50. The Morgan fingerprint density at radius 2 is 2.36 bits per heavy atom. The van der Waals surface area contributed by atoms with Gasteiger partial charge in [-0.1, -0.05) is 29.8 Å². The Kier molecular flexibility index (Phi) is 3.45. The molecule has 0 saturated heterocycles. The second-order valence-electron chi connectivity index (χ2n) is 2.80. The predicted molar refractivity (Wildman–Crippen MR) is 51.2 cm³/mol. The molecule has 1 aromatic heterocycles. The zero-order valence-corrected chi connectivity index (χ0v) is 9.02. The van der Waals surface area contributed by atoms with Gasteiger partial charge in [-0.15, -0.1) is 21.5 Å². The van der Waals surface area contributed by atoms with E-state index in [0.717, 1.165) is 11.4 Å². The van der Waals surface area contributed by atoms with E-state index in [-0.39, 0.29) is 0 Å². The van der Waals surface area contributed by atoms with Crippen LogP contribution in [0.1, 0.15) is 18.9 Å². The summed E-state index contributed by atoms with van der Waals surface area (Å²) in [6, 6.07) is 0. The molecule has 1 unspecified atom stereocenters. The molecule has 0 aliphatic heterocycles. The number of hydrogen-bond donors (Lipinski definition) is 0. The fourth-order valence-corrected chi connectivity index (χ4v) is 1.79. The van der Waals surface area contributed by atoms with Crippen molar-refractivity contribution in [3.63, 3.8) is 0 Å². The van der Waals surface area contributed by atoms with Crippen molar-refractivity contribution in [3.8, 4) is 0 Å². The van der Waals surface area contributed by atoms with Gasteiger partial charge in [-0.3, -0.25) is 0 Å². The van der Waals surface area contributed by atoms with Crippen LogP contribution in [0.5, 0.6) is 0 Å². The lowest BCUT2D eigenvalue weighted by atomic mass is 10.1. The highest BCUT2D eigenvalue weighted by molar-refractivity contribution is 9.09. The van der Waals surface area contributed by atoms with Crippen molar-refractivity contribution in [2.45, 2.75) is 25.1 Å². The summed E-state index contributed by atoms with van der Waals surface area (Å²) >= 11 is 5.22. The second kappa shape index (κ2) is 4.16. The number of alkyl halides is 1. The molecule has 0 N–H and O–H groups in total. The average molecular weight is 235 g/mol. The van der Waals surface area contributed by atoms with Crippen LogP contribution in [0.2, 0.25) is 0 Å². The maximum absolute atomic E-state index is 3.98. The first-order valence-electron chi connectivity index (χ1n) is 3.59. The SMILES string of the molecule is CC(C)C(Br)Cc1nncs1. The molecular formula is C7H11BrN2S. The van der Waals surface area contributed by atoms with E-state index in [4.69, 9.17) is 0 Å². The summed E-state index contributed by atoms with van der Waals surface area (Å²) in [4.78, 5) is 0.524. The van der Waals surface area contributed by atoms with Crippen molar-refractivity contribution in [1.29, 1.82) is 0 Å². The molecule has 1 aromatic rings. The minimum Gasteiger partial charge on any atom is -0.147 e. The van der Waals surface area contributed by atoms with Crippen LogP contribution in [-0.2, 0) is 6.42 Å². The first kappa shape index (κ1) is 9.13. The van der Waals surface area contributed by atoms with Crippen LogP contribution in [0.25, 0.3) is 0 Å². The number of rotatable bonds is 3. The summed E-state index contributed by atoms with van der Waals surface area (Å²) in [6.07, 6.45) is 0.988. The first-order valence-corrected chi connectivity index (χ1v) is 5.39. The summed E-state index contributed by atoms with van der Waals surface area (Å²) in [7, 11) is 0. The van der Waals surface area contributed by atoms with Crippen molar-refractivity contribution in [2.75, 3.05) is 0 Å². The molecule has 62 valence electrons. The molecule has 0 saturated carbocycles. The smallest absolute Gasteiger partial charge is 0.118 e. The minimum absolute atomic E-state index is 0.524. The van der Waals surface area contributed by atoms with Crippen LogP contribution < -0.4 is 0 Å². The Hall–Kier alpha value is 0.0400. The van der Waals surface area contributed by atoms with E-state index in [1.807, 2.05) is 0 Å². The Bertz CT molecular complexity index is 198. The van der Waals surface area contributed by atoms with Gasteiger partial charge in [0.1, 0.15) is 10.5 Å². The van der Waals surface area contributed by atoms with Crippen molar-refractivity contribution < 1.29 is 0 Å². The third-order valence-corrected chi connectivity index (χ3v) is 3.60. The molecule has 1 atom stereocenters. The quantitative estimate of drug-likeness (QED) is 0.752. The van der Waals surface area contributed by atoms with Crippen LogP contribution in [0, 0.1) is 5.92 Å². The molecule has 2 nitrogen and oxygen atoms in total. The highest BCUT2D eigenvalue weighted by Crippen LogP contribution is 2.17. The number of aromatic nitrogens is 2. The molecular weight excluding hydrogens is 224 g/mol. The lowest BCUT2D eigenvalue weighted by Crippen LogP contribution is -2.10. The average Bonchev–Trinajstić information content (AvgIpc) is 2.39. The van der Waals surface area contributed by atoms with Gasteiger partial charge in [0, 0.05) is 11.2 Å². The molecule has 0 bridgehead atoms. The Morgan fingerprint density at radius 3 is 2.82 bits per heavy atom. The number of hydrogen-bond acceptors (Lipinski definition) is 3. The van der Waals surface area contributed by atoms with Crippen molar-refractivity contribution in [1.82, 2.24) is 10.2 Å². The van der Waals surface area contributed by atoms with Crippen molar-refractivity contribution in [2.24, 2.45) is 5.92 Å². The highest BCUT2D eigenvalue weighted by Gasteiger charge is 2.11. The van der Waals surface area contributed by atoms with Crippen LogP contribution >= 0.6 is 27.3 Å². The van der Waals surface area contributed by atoms with Gasteiger partial charge in [0.25, 0.3) is 0 Å². The maximum Gasteiger partial charge on any atom is 0.118 e. The van der Waals surface area contributed by atoms with E-state index < -0.39 is 0 Å². The largest absolute Gasteiger partial charge is 0.147 e. The molecule has 0 aliphatic rings. The number of halogens is 1. The summed E-state index contributed by atoms with van der Waals surface area (Å²) < 4.78 is 0. The third-order valence-electron chi connectivity index (χ3n) is 1.50. The van der Waals surface area contributed by atoms with E-state index in [0.29, 0.717) is 10.7 Å².